The number of aromatic nitrogens is 4. The third-order valence-electron chi connectivity index (χ3n) is 18.6. The van der Waals surface area contributed by atoms with Crippen molar-refractivity contribution in [1.29, 1.82) is 0 Å². The van der Waals surface area contributed by atoms with Crippen molar-refractivity contribution < 1.29 is 84.7 Å². The zero-order valence-electron chi connectivity index (χ0n) is 64.6. The molecule has 8 nitrogen and oxygen atoms in total. The Morgan fingerprint density at radius 3 is 1.57 bits per heavy atom. The molecule has 2 N–H and O–H groups in total. The van der Waals surface area contributed by atoms with Crippen LogP contribution in [0, 0.1) is 55.0 Å². The molecule has 4 aromatic heterocycles. The number of pyridine rings is 4. The third kappa shape index (κ3) is 22.1. The van der Waals surface area contributed by atoms with Crippen LogP contribution in [0.4, 0.5) is 0 Å². The van der Waals surface area contributed by atoms with E-state index in [9.17, 15) is 14.7 Å². The maximum absolute atomic E-state index is 11.5. The Morgan fingerprint density at radius 1 is 0.468 bits per heavy atom. The van der Waals surface area contributed by atoms with Crippen LogP contribution in [0.15, 0.2) is 315 Å². The molecule has 15 aromatic rings. The van der Waals surface area contributed by atoms with Crippen molar-refractivity contribution in [3.05, 3.63) is 373 Å². The van der Waals surface area contributed by atoms with Gasteiger partial charge in [-0.2, -0.15) is 47.0 Å². The molecule has 0 amide bonds. The van der Waals surface area contributed by atoms with E-state index in [4.69, 9.17) is 10.1 Å². The Bertz CT molecular complexity index is 5710. The van der Waals surface area contributed by atoms with Crippen molar-refractivity contribution >= 4 is 55.0 Å². The smallest absolute Gasteiger partial charge is 0.512 e. The van der Waals surface area contributed by atoms with Crippen LogP contribution in [0.2, 0.25) is 0 Å². The number of aryl methyl sites for hydroxylation is 2. The zero-order chi connectivity index (χ0) is 76.5. The average molecular weight is 1990 g/mol. The quantitative estimate of drug-likeness (QED) is 0.0737. The van der Waals surface area contributed by atoms with Gasteiger partial charge in [-0.1, -0.05) is 213 Å². The van der Waals surface area contributed by atoms with E-state index in [1.807, 2.05) is 187 Å². The van der Waals surface area contributed by atoms with Gasteiger partial charge >= 0.3 is 20.1 Å². The van der Waals surface area contributed by atoms with Crippen LogP contribution < -0.4 is 4.57 Å². The molecule has 17 rings (SSSR count). The summed E-state index contributed by atoms with van der Waals surface area (Å²) in [5.74, 6) is 0.0415. The van der Waals surface area contributed by atoms with E-state index in [1.54, 1.807) is 0 Å². The van der Waals surface area contributed by atoms with Crippen molar-refractivity contribution in [3.8, 4) is 67.3 Å². The van der Waals surface area contributed by atoms with Gasteiger partial charge in [0.1, 0.15) is 5.76 Å². The molecule has 0 unspecified atom stereocenters. The van der Waals surface area contributed by atoms with E-state index in [-0.39, 0.29) is 94.2 Å². The fourth-order valence-electron chi connectivity index (χ4n) is 12.8. The molecule has 5 heterocycles. The first-order valence-corrected chi connectivity index (χ1v) is 36.4. The Kier molecular flexibility index (Phi) is 30.5. The summed E-state index contributed by atoms with van der Waals surface area (Å²) in [7, 11) is 0. The second-order valence-electron chi connectivity index (χ2n) is 29.4. The van der Waals surface area contributed by atoms with Gasteiger partial charge in [0.25, 0.3) is 0 Å². The molecular formula is C100H90Ir3N4O4-. The molecule has 0 bridgehead atoms. The molecule has 11 aromatic carbocycles. The van der Waals surface area contributed by atoms with Gasteiger partial charge in [0, 0.05) is 92.5 Å². The minimum absolute atomic E-state index is 0. The normalized spacial score (nSPS) is 11.9. The molecule has 562 valence electrons. The van der Waals surface area contributed by atoms with E-state index in [1.165, 1.54) is 109 Å². The summed E-state index contributed by atoms with van der Waals surface area (Å²) in [6.07, 6.45) is 4.35. The van der Waals surface area contributed by atoms with Gasteiger partial charge in [-0.05, 0) is 106 Å². The molecule has 0 fully saturated rings. The van der Waals surface area contributed by atoms with E-state index in [0.717, 1.165) is 62.5 Å². The first-order chi connectivity index (χ1) is 51.9. The first-order valence-electron chi connectivity index (χ1n) is 36.4. The number of para-hydroxylation sites is 3. The van der Waals surface area contributed by atoms with Gasteiger partial charge in [0.05, 0.1) is 22.4 Å². The van der Waals surface area contributed by atoms with Crippen molar-refractivity contribution in [3.63, 3.8) is 0 Å². The van der Waals surface area contributed by atoms with Gasteiger partial charge in [-0.25, -0.2) is 11.1 Å². The Morgan fingerprint density at radius 2 is 0.991 bits per heavy atom. The van der Waals surface area contributed by atoms with Crippen LogP contribution in [0.5, 0.6) is 0 Å². The summed E-state index contributed by atoms with van der Waals surface area (Å²) in [5.41, 5.74) is 23.1. The number of nitrogens with zero attached hydrogens (tertiary/aromatic N) is 4. The Balaban J connectivity index is 0.000000166. The van der Waals surface area contributed by atoms with E-state index in [2.05, 4.69) is 218 Å². The number of carbonyl (C=O) groups excluding carboxylic acids is 2. The van der Waals surface area contributed by atoms with Gasteiger partial charge in [-0.3, -0.25) is 19.6 Å². The van der Waals surface area contributed by atoms with Gasteiger partial charge in [0.15, 0.2) is 18.1 Å². The number of hydrogen-bond donors (Lipinski definition) is 2. The fourth-order valence-corrected chi connectivity index (χ4v) is 12.8. The third-order valence-corrected chi connectivity index (χ3v) is 18.6. The minimum atomic E-state index is -0.417. The number of hydrogen-bond acceptors (Lipinski definition) is 7. The standard InChI is InChI=1S/C24H18N.C17H14N.2C15H10N.C13H10.C11H20O2.C5H8O2.3Ir/c1-24(2)20-9-5-4-8-18(20)19-13-11-17(15-21(19)24)23-14-12-16-7-3-6-10-22(16)25-23;1-12-10-17-15-8-3-2-6-13(15)11-18(17)16-9-5-4-7-14(12)16;1-2-7-13(8-3-1)15-14-9-5-4-6-12(14)10-11-16-15;1-2-6-12(7-3-1)15-11-10-13-8-4-5-9-14(13)16-15;1-11-6-5-9-13(10-11)12-7-3-2-4-8-12;1-10(2,3)8(12)7-9(13)11(4,5)6;1-4(6)3-5(2)7;;;/h3-10,12-15H,1-2H3;2-10H,11H2,1H3;1-7,9-11H;1-6,8-11H;2-7,10H,1H3;7,12H,1-6H3;3,6H,1-2H3;;;/q-1;+1;2*-1;-2;;;;;+3. The fraction of sp³-hybridized carbons (Fsp3) is 0.160. The summed E-state index contributed by atoms with van der Waals surface area (Å²) in [5, 5.41) is 24.0. The number of benzene rings is 11. The van der Waals surface area contributed by atoms with Crippen LogP contribution in [-0.2, 0) is 81.9 Å². The molecule has 11 heteroatoms. The van der Waals surface area contributed by atoms with E-state index in [0.29, 0.717) is 0 Å². The maximum Gasteiger partial charge on any atom is 3.00 e. The minimum Gasteiger partial charge on any atom is -0.512 e. The van der Waals surface area contributed by atoms with Gasteiger partial charge < -0.3 is 15.2 Å². The predicted molar refractivity (Wildman–Crippen MR) is 445 cm³/mol. The van der Waals surface area contributed by atoms with Crippen molar-refractivity contribution in [2.24, 2.45) is 10.8 Å². The van der Waals surface area contributed by atoms with Crippen molar-refractivity contribution in [1.82, 2.24) is 15.0 Å². The molecule has 1 aliphatic heterocycles. The zero-order valence-corrected chi connectivity index (χ0v) is 71.8. The van der Waals surface area contributed by atoms with Crippen LogP contribution >= 0.6 is 0 Å². The van der Waals surface area contributed by atoms with E-state index < -0.39 is 5.41 Å². The second-order valence-corrected chi connectivity index (χ2v) is 29.4. The molecule has 1 aliphatic carbocycles. The average Bonchev–Trinajstić information content (AvgIpc) is 1.59. The number of aliphatic hydroxyl groups excluding tert-OH is 2. The SMILES string of the molecule is CC(=O)C=C(C)O.CC(C)(C)C(=O)C=C(O)C(C)(C)C.CC1(C)c2ccccc2-c2c[c-]c(-c3ccc4ccccc4n3)cc21.Cc1cc2[n+](c3ccccc13)Cc1ccccc1-2.Cc1cc[c-]c(-c2[c-]cccc2)c1.[Ir+3].[Ir].[Ir].[c-]1ccccc1-c1ccc2ccccc2n1.[c-]1ccccc1-c1nccc2ccccc12. The molecule has 0 atom stereocenters. The first kappa shape index (κ1) is 86.0. The summed E-state index contributed by atoms with van der Waals surface area (Å²) in [6, 6.07) is 114. The van der Waals surface area contributed by atoms with Gasteiger partial charge in [-0.15, -0.1) is 119 Å². The number of ketones is 2. The maximum atomic E-state index is 11.5. The molecule has 2 aliphatic rings. The summed E-state index contributed by atoms with van der Waals surface area (Å²) < 4.78 is 2.42. The number of fused-ring (bicyclic) bond motifs is 11. The Labute approximate surface area is 695 Å². The van der Waals surface area contributed by atoms with E-state index >= 15 is 0 Å². The van der Waals surface area contributed by atoms with Crippen molar-refractivity contribution in [2.75, 3.05) is 0 Å². The van der Waals surface area contributed by atoms with Crippen LogP contribution in [0.25, 0.3) is 111 Å². The van der Waals surface area contributed by atoms with Gasteiger partial charge in [0.2, 0.25) is 11.2 Å². The molecule has 0 spiro atoms. The van der Waals surface area contributed by atoms with Crippen LogP contribution in [0.1, 0.15) is 97.1 Å². The topological polar surface area (TPSA) is 117 Å². The summed E-state index contributed by atoms with van der Waals surface area (Å²) >= 11 is 0. The second kappa shape index (κ2) is 39.4. The molecule has 0 saturated heterocycles. The molecular weight excluding hydrogens is 1900 g/mol. The number of allylic oxidation sites excluding steroid dienone is 4. The predicted octanol–water partition coefficient (Wildman–Crippen LogP) is 24.3. The Hall–Kier alpha value is -10.6. The molecule has 111 heavy (non-hydrogen) atoms. The monoisotopic (exact) mass is 1990 g/mol. The largest absolute Gasteiger partial charge is 3.00 e. The number of carbonyl (C=O) groups is 2. The summed E-state index contributed by atoms with van der Waals surface area (Å²) in [6.45, 7) is 23.8. The number of rotatable bonds is 6. The van der Waals surface area contributed by atoms with Crippen LogP contribution in [0.3, 0.4) is 0 Å². The molecule has 0 saturated carbocycles. The molecule has 2 radical (unpaired) electrons. The van der Waals surface area contributed by atoms with Crippen molar-refractivity contribution in [2.45, 2.75) is 95.0 Å². The summed E-state index contributed by atoms with van der Waals surface area (Å²) in [4.78, 5) is 35.4. The van der Waals surface area contributed by atoms with Crippen LogP contribution in [-0.4, -0.2) is 36.7 Å². The number of aliphatic hydroxyl groups is 2.